The molecular formula is C60H49OsP+. The second-order valence-corrected chi connectivity index (χ2v) is 19.3. The van der Waals surface area contributed by atoms with Crippen LogP contribution >= 0.6 is 7.26 Å². The van der Waals surface area contributed by atoms with Gasteiger partial charge in [-0.05, 0) is 12.5 Å². The monoisotopic (exact) mass is 992 g/mol. The molecule has 0 atom stereocenters. The molecule has 0 amide bonds. The van der Waals surface area contributed by atoms with E-state index < -0.39 is 7.26 Å². The Labute approximate surface area is 379 Å². The third-order valence-corrected chi connectivity index (χ3v) is 16.9. The fourth-order valence-electron chi connectivity index (χ4n) is 8.63. The van der Waals surface area contributed by atoms with Crippen molar-refractivity contribution >= 4 is 40.4 Å². The first-order valence-electron chi connectivity index (χ1n) is 21.4. The van der Waals surface area contributed by atoms with Gasteiger partial charge < -0.3 is 0 Å². The van der Waals surface area contributed by atoms with Gasteiger partial charge >= 0.3 is 284 Å². The Morgan fingerprint density at radius 1 is 0.500 bits per heavy atom. The molecule has 62 heavy (non-hydrogen) atoms. The van der Waals surface area contributed by atoms with Crippen molar-refractivity contribution in [3.05, 3.63) is 274 Å². The van der Waals surface area contributed by atoms with Crippen LogP contribution < -0.4 is 15.9 Å². The summed E-state index contributed by atoms with van der Waals surface area (Å²) in [6.07, 6.45) is 12.2. The van der Waals surface area contributed by atoms with E-state index in [0.29, 0.717) is 0 Å². The molecule has 1 aliphatic carbocycles. The van der Waals surface area contributed by atoms with Gasteiger partial charge in [0, 0.05) is 0 Å². The van der Waals surface area contributed by atoms with E-state index in [0.717, 1.165) is 36.0 Å². The van der Waals surface area contributed by atoms with Gasteiger partial charge in [-0.15, -0.1) is 0 Å². The molecule has 0 bridgehead atoms. The molecular weight excluding hydrogens is 942 g/mol. The van der Waals surface area contributed by atoms with Gasteiger partial charge in [-0.1, -0.05) is 84.9 Å². The molecule has 0 nitrogen and oxygen atoms in total. The molecule has 0 N–H and O–H groups in total. The van der Waals surface area contributed by atoms with E-state index >= 15 is 0 Å². The summed E-state index contributed by atoms with van der Waals surface area (Å²) in [6, 6.07) is 72.5. The number of hydrogen-bond donors (Lipinski definition) is 0. The molecule has 0 aromatic heterocycles. The van der Waals surface area contributed by atoms with Crippen molar-refractivity contribution in [3.8, 4) is 16.2 Å². The number of allylic oxidation sites excluding steroid dienone is 7. The van der Waals surface area contributed by atoms with Crippen LogP contribution in [-0.2, 0) is 17.9 Å². The van der Waals surface area contributed by atoms with Gasteiger partial charge in [-0.25, -0.2) is 0 Å². The third-order valence-electron chi connectivity index (χ3n) is 11.5. The quantitative estimate of drug-likeness (QED) is 0.0728. The summed E-state index contributed by atoms with van der Waals surface area (Å²) in [6.45, 7) is 4.23. The average Bonchev–Trinajstić information content (AvgIpc) is 3.80. The maximum absolute atomic E-state index is 3.86. The SMILES string of the molecule is CC=C1CCCC1=CC(C#Cc1ccc(/C(=C(\c2ccccc2)c2ccc(/C=C/C)cc2)c2ccccc2)cc1)=C([C]#[Os])[P+](c1ccccc1)(c1ccccc1)c1ccccc1. The van der Waals surface area contributed by atoms with Crippen LogP contribution in [0.15, 0.2) is 240 Å². The van der Waals surface area contributed by atoms with Gasteiger partial charge in [0.2, 0.25) is 0 Å². The van der Waals surface area contributed by atoms with Gasteiger partial charge in [0.15, 0.2) is 0 Å². The predicted octanol–water partition coefficient (Wildman–Crippen LogP) is 13.9. The van der Waals surface area contributed by atoms with Crippen molar-refractivity contribution in [2.45, 2.75) is 33.1 Å². The summed E-state index contributed by atoms with van der Waals surface area (Å²) in [4.78, 5) is 0. The zero-order chi connectivity index (χ0) is 42.6. The van der Waals surface area contributed by atoms with Crippen LogP contribution in [0.25, 0.3) is 17.2 Å². The Balaban J connectivity index is 1.34. The average molecular weight is 991 g/mol. The zero-order valence-electron chi connectivity index (χ0n) is 35.3. The van der Waals surface area contributed by atoms with Gasteiger partial charge in [-0.3, -0.25) is 0 Å². The van der Waals surface area contributed by atoms with Crippen molar-refractivity contribution in [1.29, 1.82) is 0 Å². The minimum atomic E-state index is -2.46. The Morgan fingerprint density at radius 2 is 0.919 bits per heavy atom. The van der Waals surface area contributed by atoms with E-state index in [1.807, 2.05) is 17.9 Å². The molecule has 7 aromatic carbocycles. The van der Waals surface area contributed by atoms with Crippen LogP contribution in [0.5, 0.6) is 0 Å². The Morgan fingerprint density at radius 3 is 1.35 bits per heavy atom. The second-order valence-electron chi connectivity index (χ2n) is 15.3. The molecule has 1 fully saturated rings. The van der Waals surface area contributed by atoms with Crippen molar-refractivity contribution in [1.82, 2.24) is 0 Å². The zero-order valence-corrected chi connectivity index (χ0v) is 38.7. The van der Waals surface area contributed by atoms with Crippen LogP contribution in [0, 0.1) is 16.2 Å². The van der Waals surface area contributed by atoms with Crippen LogP contribution in [-0.4, -0.2) is 0 Å². The Kier molecular flexibility index (Phi) is 14.0. The fourth-order valence-corrected chi connectivity index (χ4v) is 14.4. The van der Waals surface area contributed by atoms with Crippen molar-refractivity contribution < 1.29 is 17.9 Å². The van der Waals surface area contributed by atoms with Crippen molar-refractivity contribution in [3.63, 3.8) is 0 Å². The summed E-state index contributed by atoms with van der Waals surface area (Å²) in [7, 11) is -2.46. The topological polar surface area (TPSA) is 0 Å². The molecule has 0 saturated heterocycles. The molecule has 2 heteroatoms. The predicted molar refractivity (Wildman–Crippen MR) is 264 cm³/mol. The summed E-state index contributed by atoms with van der Waals surface area (Å²) < 4.78 is 3.86. The molecule has 0 heterocycles. The molecule has 1 aliphatic rings. The van der Waals surface area contributed by atoms with E-state index in [-0.39, 0.29) is 0 Å². The van der Waals surface area contributed by atoms with Crippen molar-refractivity contribution in [2.75, 3.05) is 0 Å². The molecule has 0 aliphatic heterocycles. The summed E-state index contributed by atoms with van der Waals surface area (Å²) >= 11 is 1.81. The number of hydrogen-bond acceptors (Lipinski definition) is 0. The Bertz CT molecular complexity index is 2790. The van der Waals surface area contributed by atoms with Crippen molar-refractivity contribution in [2.24, 2.45) is 0 Å². The molecule has 0 unspecified atom stereocenters. The van der Waals surface area contributed by atoms with Crippen LogP contribution in [0.1, 0.15) is 66.5 Å². The van der Waals surface area contributed by atoms with Crippen LogP contribution in [0.2, 0.25) is 0 Å². The molecule has 1 saturated carbocycles. The molecule has 0 radical (unpaired) electrons. The Hall–Kier alpha value is -6.35. The van der Waals surface area contributed by atoms with E-state index in [1.165, 1.54) is 65.8 Å². The molecule has 7 aromatic rings. The summed E-state index contributed by atoms with van der Waals surface area (Å²) in [5.41, 5.74) is 13.0. The van der Waals surface area contributed by atoms with Crippen LogP contribution in [0.4, 0.5) is 0 Å². The molecule has 301 valence electrons. The van der Waals surface area contributed by atoms with Gasteiger partial charge in [0.25, 0.3) is 0 Å². The van der Waals surface area contributed by atoms with E-state index in [1.54, 1.807) is 0 Å². The molecule has 0 spiro atoms. The van der Waals surface area contributed by atoms with Crippen LogP contribution in [0.3, 0.4) is 0 Å². The number of benzene rings is 7. The van der Waals surface area contributed by atoms with Gasteiger partial charge in [0.1, 0.15) is 0 Å². The van der Waals surface area contributed by atoms with Gasteiger partial charge in [0.05, 0.1) is 0 Å². The van der Waals surface area contributed by atoms with E-state index in [4.69, 9.17) is 0 Å². The maximum atomic E-state index is 3.86. The number of rotatable bonds is 10. The van der Waals surface area contributed by atoms with E-state index in [2.05, 4.69) is 255 Å². The third kappa shape index (κ3) is 9.13. The normalized spacial score (nSPS) is 14.8. The first-order chi connectivity index (χ1) is 30.6. The standard InChI is InChI=1S/C60H49P.Os/c1-4-22-47-35-40-52(41-36-47)59(50-23-11-6-12-24-50)60(51-25-13-7-14-26-51)53-42-37-48(38-43-53)39-44-54(45-55-28-21-27-49(55)5-2)46(3)61(56-29-15-8-16-30-56,57-31-17-9-18-32-57)58-33-19-10-20-34-58;/h4-20,22-26,29-38,40-43,45H,21,27-28H2,1-2H3;/q+1;/b22-4+,49-5?,54-46?,55-45?,60-59+;. The summed E-state index contributed by atoms with van der Waals surface area (Å²) in [5, 5.41) is 5.03. The van der Waals surface area contributed by atoms with E-state index in [9.17, 15) is 0 Å². The minimum absolute atomic E-state index is 0.965. The summed E-state index contributed by atoms with van der Waals surface area (Å²) in [5.74, 6) is 7.52. The first kappa shape index (κ1) is 42.3. The second kappa shape index (κ2) is 20.5. The fraction of sp³-hybridized carbons (Fsp3) is 0.0833. The first-order valence-corrected chi connectivity index (χ1v) is 24.4. The molecule has 8 rings (SSSR count). The van der Waals surface area contributed by atoms with Gasteiger partial charge in [-0.2, -0.15) is 0 Å².